The summed E-state index contributed by atoms with van der Waals surface area (Å²) in [7, 11) is 0. The zero-order chi connectivity index (χ0) is 16.8. The summed E-state index contributed by atoms with van der Waals surface area (Å²) in [6, 6.07) is 19.1. The first-order valence-corrected chi connectivity index (χ1v) is 8.85. The van der Waals surface area contributed by atoms with Crippen molar-refractivity contribution in [3.63, 3.8) is 0 Å². The van der Waals surface area contributed by atoms with Gasteiger partial charge < -0.3 is 15.1 Å². The van der Waals surface area contributed by atoms with Gasteiger partial charge in [0.05, 0.1) is 6.61 Å². The highest BCUT2D eigenvalue weighted by molar-refractivity contribution is 5.57. The molecule has 0 spiro atoms. The summed E-state index contributed by atoms with van der Waals surface area (Å²) in [4.78, 5) is 2.41. The molecular formula is C21H27NO2. The Morgan fingerprint density at radius 1 is 0.917 bits per heavy atom. The second-order valence-corrected chi connectivity index (χ2v) is 6.99. The minimum absolute atomic E-state index is 0.113. The Balaban J connectivity index is 1.86. The summed E-state index contributed by atoms with van der Waals surface area (Å²) in [5.41, 5.74) is 3.78. The maximum absolute atomic E-state index is 10.2. The molecule has 3 rings (SSSR count). The molecule has 1 aliphatic rings. The van der Waals surface area contributed by atoms with Gasteiger partial charge in [-0.05, 0) is 36.5 Å². The maximum atomic E-state index is 10.2. The van der Waals surface area contributed by atoms with Crippen molar-refractivity contribution >= 4 is 5.69 Å². The topological polar surface area (TPSA) is 43.7 Å². The Morgan fingerprint density at radius 3 is 2.42 bits per heavy atom. The van der Waals surface area contributed by atoms with Crippen LogP contribution in [0.3, 0.4) is 0 Å². The lowest BCUT2D eigenvalue weighted by molar-refractivity contribution is 0.109. The van der Waals surface area contributed by atoms with Crippen molar-refractivity contribution in [2.45, 2.75) is 32.2 Å². The number of benzene rings is 2. The molecule has 0 fully saturated rings. The minimum Gasteiger partial charge on any atom is -0.396 e. The molecule has 2 N–H and O–H groups in total. The Labute approximate surface area is 144 Å². The summed E-state index contributed by atoms with van der Waals surface area (Å²) in [5.74, 6) is 0. The van der Waals surface area contributed by atoms with Gasteiger partial charge in [-0.1, -0.05) is 55.0 Å². The van der Waals surface area contributed by atoms with Crippen molar-refractivity contribution in [3.05, 3.63) is 65.7 Å². The zero-order valence-corrected chi connectivity index (χ0v) is 14.2. The van der Waals surface area contributed by atoms with Crippen LogP contribution in [0.2, 0.25) is 0 Å². The Hall–Kier alpha value is -1.84. The van der Waals surface area contributed by atoms with Gasteiger partial charge in [0, 0.05) is 30.8 Å². The van der Waals surface area contributed by atoms with Crippen LogP contribution in [0.15, 0.2) is 54.6 Å². The Bertz CT molecular complexity index is 643. The highest BCUT2D eigenvalue weighted by atomic mass is 16.3. The summed E-state index contributed by atoms with van der Waals surface area (Å²) in [5, 5.41) is 19.2. The van der Waals surface area contributed by atoms with E-state index in [1.54, 1.807) is 0 Å². The molecule has 3 heteroatoms. The molecule has 2 aromatic rings. The number of unbranched alkanes of at least 4 members (excludes halogenated alkanes) is 1. The lowest BCUT2D eigenvalue weighted by Gasteiger charge is -2.44. The first-order valence-electron chi connectivity index (χ1n) is 8.85. The molecule has 3 nitrogen and oxygen atoms in total. The molecule has 0 bridgehead atoms. The lowest BCUT2D eigenvalue weighted by atomic mass is 9.74. The molecule has 1 aliphatic heterocycles. The van der Waals surface area contributed by atoms with E-state index in [0.29, 0.717) is 0 Å². The van der Waals surface area contributed by atoms with E-state index in [9.17, 15) is 5.11 Å². The van der Waals surface area contributed by atoms with Crippen LogP contribution in [0.5, 0.6) is 0 Å². The molecule has 0 amide bonds. The number of rotatable bonds is 7. The van der Waals surface area contributed by atoms with Crippen LogP contribution < -0.4 is 4.90 Å². The van der Waals surface area contributed by atoms with E-state index in [-0.39, 0.29) is 18.6 Å². The van der Waals surface area contributed by atoms with Crippen LogP contribution in [0.4, 0.5) is 5.69 Å². The van der Waals surface area contributed by atoms with Crippen molar-refractivity contribution in [1.29, 1.82) is 0 Å². The molecule has 0 aliphatic carbocycles. The number of hydrogen-bond acceptors (Lipinski definition) is 3. The fraction of sp³-hybridized carbons (Fsp3) is 0.429. The first kappa shape index (κ1) is 17.0. The van der Waals surface area contributed by atoms with Crippen LogP contribution in [0.25, 0.3) is 0 Å². The number of para-hydroxylation sites is 1. The number of aliphatic hydroxyl groups excluding tert-OH is 2. The van der Waals surface area contributed by atoms with Gasteiger partial charge >= 0.3 is 0 Å². The van der Waals surface area contributed by atoms with Gasteiger partial charge in [-0.3, -0.25) is 0 Å². The monoisotopic (exact) mass is 325 g/mol. The van der Waals surface area contributed by atoms with Crippen LogP contribution >= 0.6 is 0 Å². The molecule has 128 valence electrons. The minimum atomic E-state index is -0.113. The van der Waals surface area contributed by atoms with E-state index < -0.39 is 0 Å². The number of aliphatic hydroxyl groups is 2. The third-order valence-corrected chi connectivity index (χ3v) is 5.09. The van der Waals surface area contributed by atoms with Gasteiger partial charge in [-0.2, -0.15) is 0 Å². The smallest absolute Gasteiger partial charge is 0.0507 e. The van der Waals surface area contributed by atoms with Crippen LogP contribution in [-0.2, 0) is 13.0 Å². The third-order valence-electron chi connectivity index (χ3n) is 5.09. The molecular weight excluding hydrogens is 298 g/mol. The van der Waals surface area contributed by atoms with Crippen LogP contribution in [0.1, 0.15) is 30.4 Å². The fourth-order valence-electron chi connectivity index (χ4n) is 3.83. The van der Waals surface area contributed by atoms with Gasteiger partial charge in [0.25, 0.3) is 0 Å². The zero-order valence-electron chi connectivity index (χ0n) is 14.2. The molecule has 1 unspecified atom stereocenters. The number of anilines is 1. The number of nitrogens with zero attached hydrogens (tertiary/aromatic N) is 1. The second-order valence-electron chi connectivity index (χ2n) is 6.99. The summed E-state index contributed by atoms with van der Waals surface area (Å²) >= 11 is 0. The third kappa shape index (κ3) is 3.80. The van der Waals surface area contributed by atoms with E-state index in [2.05, 4.69) is 53.4 Å². The van der Waals surface area contributed by atoms with Crippen molar-refractivity contribution in [3.8, 4) is 0 Å². The molecule has 0 saturated heterocycles. The lowest BCUT2D eigenvalue weighted by Crippen LogP contribution is -2.45. The average Bonchev–Trinajstić information content (AvgIpc) is 2.63. The van der Waals surface area contributed by atoms with Crippen LogP contribution in [-0.4, -0.2) is 30.0 Å². The molecule has 1 atom stereocenters. The fourth-order valence-corrected chi connectivity index (χ4v) is 3.83. The van der Waals surface area contributed by atoms with E-state index in [4.69, 9.17) is 5.11 Å². The van der Waals surface area contributed by atoms with Crippen LogP contribution in [0, 0.1) is 5.41 Å². The molecule has 2 aromatic carbocycles. The van der Waals surface area contributed by atoms with Crippen molar-refractivity contribution in [2.75, 3.05) is 24.7 Å². The van der Waals surface area contributed by atoms with Gasteiger partial charge in [-0.25, -0.2) is 0 Å². The largest absolute Gasteiger partial charge is 0.396 e. The SMILES string of the molecule is OCCCCC1(CO)Cc2ccccc2N(Cc2ccccc2)C1. The van der Waals surface area contributed by atoms with Crippen molar-refractivity contribution < 1.29 is 10.2 Å². The predicted octanol–water partition coefficient (Wildman–Crippen LogP) is 3.39. The molecule has 0 radical (unpaired) electrons. The maximum Gasteiger partial charge on any atom is 0.0507 e. The van der Waals surface area contributed by atoms with Crippen molar-refractivity contribution in [2.24, 2.45) is 5.41 Å². The number of hydrogen-bond donors (Lipinski definition) is 2. The van der Waals surface area contributed by atoms with Gasteiger partial charge in [0.15, 0.2) is 0 Å². The first-order chi connectivity index (χ1) is 11.8. The quantitative estimate of drug-likeness (QED) is 0.767. The highest BCUT2D eigenvalue weighted by Crippen LogP contribution is 2.40. The Kier molecular flexibility index (Phi) is 5.54. The van der Waals surface area contributed by atoms with Gasteiger partial charge in [0.2, 0.25) is 0 Å². The summed E-state index contributed by atoms with van der Waals surface area (Å²) in [6.45, 7) is 2.14. The van der Waals surface area contributed by atoms with E-state index in [0.717, 1.165) is 38.8 Å². The summed E-state index contributed by atoms with van der Waals surface area (Å²) in [6.07, 6.45) is 3.63. The Morgan fingerprint density at radius 2 is 1.67 bits per heavy atom. The van der Waals surface area contributed by atoms with Gasteiger partial charge in [0.1, 0.15) is 0 Å². The van der Waals surface area contributed by atoms with E-state index in [1.165, 1.54) is 16.8 Å². The molecule has 24 heavy (non-hydrogen) atoms. The van der Waals surface area contributed by atoms with E-state index in [1.807, 2.05) is 6.07 Å². The highest BCUT2D eigenvalue weighted by Gasteiger charge is 2.36. The molecule has 0 saturated carbocycles. The molecule has 1 heterocycles. The van der Waals surface area contributed by atoms with Crippen molar-refractivity contribution in [1.82, 2.24) is 0 Å². The summed E-state index contributed by atoms with van der Waals surface area (Å²) < 4.78 is 0. The van der Waals surface area contributed by atoms with Gasteiger partial charge in [-0.15, -0.1) is 0 Å². The second kappa shape index (κ2) is 7.82. The average molecular weight is 325 g/mol. The number of fused-ring (bicyclic) bond motifs is 1. The van der Waals surface area contributed by atoms with E-state index >= 15 is 0 Å². The standard InChI is InChI=1S/C21H27NO2/c23-13-7-6-12-21(17-24)14-19-10-4-5-11-20(19)22(16-21)15-18-8-2-1-3-9-18/h1-5,8-11,23-24H,6-7,12-17H2. The normalized spacial score (nSPS) is 20.0. The molecule has 0 aromatic heterocycles. The predicted molar refractivity (Wildman–Crippen MR) is 98.1 cm³/mol.